The number of nitrogens with one attached hydrogen (secondary N) is 1. The Hall–Kier alpha value is -2.26. The molecule has 1 aliphatic heterocycles. The van der Waals surface area contributed by atoms with E-state index < -0.39 is 10.0 Å². The van der Waals surface area contributed by atoms with Crippen LogP contribution in [0.25, 0.3) is 0 Å². The summed E-state index contributed by atoms with van der Waals surface area (Å²) in [6.45, 7) is 6.09. The molecule has 1 aromatic carbocycles. The lowest BCUT2D eigenvalue weighted by Gasteiger charge is -2.42. The van der Waals surface area contributed by atoms with Gasteiger partial charge in [0.05, 0.1) is 11.1 Å². The fourth-order valence-electron chi connectivity index (χ4n) is 3.01. The molecule has 0 bridgehead atoms. The van der Waals surface area contributed by atoms with Gasteiger partial charge in [-0.1, -0.05) is 17.7 Å². The number of aromatic amines is 1. The quantitative estimate of drug-likeness (QED) is 0.878. The molecule has 8 nitrogen and oxygen atoms in total. The first kappa shape index (κ1) is 17.6. The molecule has 25 heavy (non-hydrogen) atoms. The third-order valence-electron chi connectivity index (χ3n) is 4.45. The molecule has 0 aliphatic carbocycles. The van der Waals surface area contributed by atoms with E-state index in [0.717, 1.165) is 5.56 Å². The van der Waals surface area contributed by atoms with E-state index in [0.29, 0.717) is 6.54 Å². The lowest BCUT2D eigenvalue weighted by atomic mass is 10.1. The molecule has 1 aliphatic rings. The minimum Gasteiger partial charge on any atom is -0.332 e. The van der Waals surface area contributed by atoms with E-state index in [1.54, 1.807) is 36.1 Å². The number of piperazine rings is 1. The van der Waals surface area contributed by atoms with Gasteiger partial charge in [0.25, 0.3) is 5.91 Å². The number of sulfonamides is 1. The van der Waals surface area contributed by atoms with Crippen molar-refractivity contribution in [2.75, 3.05) is 13.1 Å². The maximum atomic E-state index is 13.0. The van der Waals surface area contributed by atoms with E-state index in [1.165, 1.54) is 10.5 Å². The molecular weight excluding hydrogens is 342 g/mol. The molecule has 9 heteroatoms. The number of hydrogen-bond acceptors (Lipinski definition) is 5. The van der Waals surface area contributed by atoms with Crippen molar-refractivity contribution in [3.05, 3.63) is 41.7 Å². The summed E-state index contributed by atoms with van der Waals surface area (Å²) in [5.41, 5.74) is 1.23. The van der Waals surface area contributed by atoms with Crippen molar-refractivity contribution >= 4 is 15.9 Å². The molecule has 3 rings (SSSR count). The summed E-state index contributed by atoms with van der Waals surface area (Å²) in [4.78, 5) is 14.4. The zero-order valence-corrected chi connectivity index (χ0v) is 15.2. The van der Waals surface area contributed by atoms with Gasteiger partial charge in [-0.15, -0.1) is 0 Å². The third kappa shape index (κ3) is 3.29. The average Bonchev–Trinajstić information content (AvgIpc) is 3.11. The lowest BCUT2D eigenvalue weighted by Crippen LogP contribution is -2.59. The number of rotatable bonds is 3. The second-order valence-electron chi connectivity index (χ2n) is 6.40. The van der Waals surface area contributed by atoms with E-state index >= 15 is 0 Å². The fraction of sp³-hybridized carbons (Fsp3) is 0.438. The predicted molar refractivity (Wildman–Crippen MR) is 91.4 cm³/mol. The van der Waals surface area contributed by atoms with Crippen LogP contribution in [0.5, 0.6) is 0 Å². The minimum absolute atomic E-state index is 0.230. The van der Waals surface area contributed by atoms with Gasteiger partial charge in [0, 0.05) is 25.2 Å². The van der Waals surface area contributed by atoms with Gasteiger partial charge in [-0.3, -0.25) is 4.79 Å². The van der Waals surface area contributed by atoms with Gasteiger partial charge in [0.1, 0.15) is 0 Å². The first-order valence-corrected chi connectivity index (χ1v) is 9.50. The van der Waals surface area contributed by atoms with E-state index in [2.05, 4.69) is 15.4 Å². The van der Waals surface area contributed by atoms with Gasteiger partial charge in [-0.2, -0.15) is 19.7 Å². The molecule has 1 amide bonds. The Morgan fingerprint density at radius 3 is 2.44 bits per heavy atom. The number of aromatic nitrogens is 3. The average molecular weight is 363 g/mol. The SMILES string of the molecule is Cc1ccc(S(=O)(=O)N2C[C@H](C)N(C(=O)c3cn[nH]n3)C[C@H]2C)cc1. The third-order valence-corrected chi connectivity index (χ3v) is 6.45. The number of benzene rings is 1. The largest absolute Gasteiger partial charge is 0.332 e. The van der Waals surface area contributed by atoms with Crippen LogP contribution in [0.3, 0.4) is 0 Å². The highest BCUT2D eigenvalue weighted by molar-refractivity contribution is 7.89. The predicted octanol–water partition coefficient (Wildman–Crippen LogP) is 1.04. The number of carbonyl (C=O) groups excluding carboxylic acids is 1. The zero-order valence-electron chi connectivity index (χ0n) is 14.4. The molecule has 0 unspecified atom stereocenters. The number of amides is 1. The van der Waals surface area contributed by atoms with Crippen LogP contribution in [-0.2, 0) is 10.0 Å². The summed E-state index contributed by atoms with van der Waals surface area (Å²) < 4.78 is 27.4. The van der Waals surface area contributed by atoms with Gasteiger partial charge >= 0.3 is 0 Å². The minimum atomic E-state index is -3.60. The molecule has 0 saturated carbocycles. The van der Waals surface area contributed by atoms with Crippen molar-refractivity contribution < 1.29 is 13.2 Å². The normalized spacial score (nSPS) is 22.1. The molecular formula is C16H21N5O3S. The Morgan fingerprint density at radius 1 is 1.16 bits per heavy atom. The molecule has 134 valence electrons. The van der Waals surface area contributed by atoms with Crippen LogP contribution in [0.1, 0.15) is 29.9 Å². The molecule has 0 spiro atoms. The monoisotopic (exact) mass is 363 g/mol. The first-order valence-electron chi connectivity index (χ1n) is 8.06. The van der Waals surface area contributed by atoms with Gasteiger partial charge < -0.3 is 4.90 Å². The summed E-state index contributed by atoms with van der Waals surface area (Å²) in [5.74, 6) is -0.250. The molecule has 1 aromatic heterocycles. The maximum Gasteiger partial charge on any atom is 0.276 e. The molecule has 2 atom stereocenters. The van der Waals surface area contributed by atoms with Crippen molar-refractivity contribution in [3.63, 3.8) is 0 Å². The molecule has 0 radical (unpaired) electrons. The van der Waals surface area contributed by atoms with Crippen molar-refractivity contribution in [2.24, 2.45) is 0 Å². The van der Waals surface area contributed by atoms with E-state index in [1.807, 2.05) is 13.8 Å². The smallest absolute Gasteiger partial charge is 0.276 e. The molecule has 1 saturated heterocycles. The van der Waals surface area contributed by atoms with Gasteiger partial charge in [0.2, 0.25) is 10.0 Å². The van der Waals surface area contributed by atoms with Crippen LogP contribution < -0.4 is 0 Å². The van der Waals surface area contributed by atoms with Gasteiger partial charge in [-0.25, -0.2) is 8.42 Å². The first-order chi connectivity index (χ1) is 11.8. The summed E-state index contributed by atoms with van der Waals surface area (Å²) in [6, 6.07) is 6.21. The summed E-state index contributed by atoms with van der Waals surface area (Å²) in [7, 11) is -3.60. The fourth-order valence-corrected chi connectivity index (χ4v) is 4.71. The Kier molecular flexibility index (Phi) is 4.61. The number of hydrogen-bond donors (Lipinski definition) is 1. The van der Waals surface area contributed by atoms with E-state index in [-0.39, 0.29) is 35.1 Å². The standard InChI is InChI=1S/C16H21N5O3S/c1-11-4-6-14(7-5-11)25(23,24)21-10-12(2)20(9-13(21)3)16(22)15-8-17-19-18-15/h4-8,12-13H,9-10H2,1-3H3,(H,17,18,19)/t12-,13+/m0/s1. The summed E-state index contributed by atoms with van der Waals surface area (Å²) in [5, 5.41) is 9.89. The van der Waals surface area contributed by atoms with Crippen molar-refractivity contribution in [1.82, 2.24) is 24.6 Å². The Labute approximate surface area is 146 Å². The highest BCUT2D eigenvalue weighted by atomic mass is 32.2. The summed E-state index contributed by atoms with van der Waals surface area (Å²) in [6.07, 6.45) is 1.37. The lowest BCUT2D eigenvalue weighted by molar-refractivity contribution is 0.0501. The van der Waals surface area contributed by atoms with Crippen LogP contribution in [0.15, 0.2) is 35.4 Å². The Morgan fingerprint density at radius 2 is 1.84 bits per heavy atom. The Balaban J connectivity index is 1.82. The Bertz CT molecular complexity index is 848. The van der Waals surface area contributed by atoms with Crippen LogP contribution in [0.2, 0.25) is 0 Å². The van der Waals surface area contributed by atoms with Gasteiger partial charge in [0.15, 0.2) is 5.69 Å². The highest BCUT2D eigenvalue weighted by Gasteiger charge is 2.39. The number of carbonyl (C=O) groups is 1. The second-order valence-corrected chi connectivity index (χ2v) is 8.29. The number of H-pyrrole nitrogens is 1. The molecule has 1 N–H and O–H groups in total. The van der Waals surface area contributed by atoms with Crippen molar-refractivity contribution in [1.29, 1.82) is 0 Å². The molecule has 1 fully saturated rings. The summed E-state index contributed by atoms with van der Waals surface area (Å²) >= 11 is 0. The number of nitrogens with zero attached hydrogens (tertiary/aromatic N) is 4. The van der Waals surface area contributed by atoms with Crippen LogP contribution in [0, 0.1) is 6.92 Å². The van der Waals surface area contributed by atoms with Crippen LogP contribution >= 0.6 is 0 Å². The van der Waals surface area contributed by atoms with Crippen molar-refractivity contribution in [3.8, 4) is 0 Å². The van der Waals surface area contributed by atoms with Crippen LogP contribution in [0.4, 0.5) is 0 Å². The molecule has 2 heterocycles. The number of aryl methyl sites for hydroxylation is 1. The van der Waals surface area contributed by atoms with Crippen LogP contribution in [-0.4, -0.2) is 64.1 Å². The maximum absolute atomic E-state index is 13.0. The topological polar surface area (TPSA) is 99.3 Å². The van der Waals surface area contributed by atoms with Gasteiger partial charge in [-0.05, 0) is 32.9 Å². The highest BCUT2D eigenvalue weighted by Crippen LogP contribution is 2.25. The van der Waals surface area contributed by atoms with E-state index in [4.69, 9.17) is 0 Å². The zero-order chi connectivity index (χ0) is 18.2. The van der Waals surface area contributed by atoms with Crippen molar-refractivity contribution in [2.45, 2.75) is 37.8 Å². The second kappa shape index (κ2) is 6.57. The molecule has 2 aromatic rings. The van der Waals surface area contributed by atoms with E-state index in [9.17, 15) is 13.2 Å².